The van der Waals surface area contributed by atoms with Crippen molar-refractivity contribution in [2.75, 3.05) is 0 Å². The van der Waals surface area contributed by atoms with Crippen molar-refractivity contribution in [3.8, 4) is 0 Å². The Morgan fingerprint density at radius 1 is 0.760 bits per heavy atom. The van der Waals surface area contributed by atoms with Crippen molar-refractivity contribution in [2.24, 2.45) is 0 Å². The van der Waals surface area contributed by atoms with Gasteiger partial charge in [0.25, 0.3) is 0 Å². The molecule has 0 heterocycles. The van der Waals surface area contributed by atoms with E-state index < -0.39 is 0 Å². The van der Waals surface area contributed by atoms with Gasteiger partial charge in [-0.25, -0.2) is 0 Å². The molecule has 0 saturated heterocycles. The highest BCUT2D eigenvalue weighted by Gasteiger charge is 2.24. The Balaban J connectivity index is 0.00000156. The van der Waals surface area contributed by atoms with Gasteiger partial charge < -0.3 is 10.6 Å². The van der Waals surface area contributed by atoms with Gasteiger partial charge in [0.2, 0.25) is 0 Å². The highest BCUT2D eigenvalue weighted by atomic mass is 35.5. The molecule has 0 aromatic heterocycles. The lowest BCUT2D eigenvalue weighted by Gasteiger charge is -2.33. The number of aryl methyl sites for hydroxylation is 1. The molecule has 0 aliphatic heterocycles. The highest BCUT2D eigenvalue weighted by Crippen LogP contribution is 2.20. The van der Waals surface area contributed by atoms with E-state index in [1.807, 2.05) is 0 Å². The SMILES string of the molecule is Cc1ccccc1CNC1CCCCC1NCc1ccccc1.Cl.Cl. The molecule has 2 N–H and O–H groups in total. The van der Waals surface area contributed by atoms with Gasteiger partial charge in [-0.2, -0.15) is 0 Å². The van der Waals surface area contributed by atoms with E-state index in [0.717, 1.165) is 13.1 Å². The van der Waals surface area contributed by atoms with E-state index in [4.69, 9.17) is 0 Å². The minimum atomic E-state index is 0. The topological polar surface area (TPSA) is 24.1 Å². The first-order valence-corrected chi connectivity index (χ1v) is 8.88. The first kappa shape index (κ1) is 22.0. The van der Waals surface area contributed by atoms with E-state index in [9.17, 15) is 0 Å². The molecule has 2 atom stereocenters. The van der Waals surface area contributed by atoms with Crippen molar-refractivity contribution in [3.05, 3.63) is 71.3 Å². The first-order chi connectivity index (χ1) is 11.3. The summed E-state index contributed by atoms with van der Waals surface area (Å²) in [5, 5.41) is 7.58. The molecule has 0 spiro atoms. The molecule has 2 unspecified atom stereocenters. The van der Waals surface area contributed by atoms with Crippen LogP contribution in [0.1, 0.15) is 42.4 Å². The van der Waals surface area contributed by atoms with Crippen molar-refractivity contribution < 1.29 is 0 Å². The molecule has 25 heavy (non-hydrogen) atoms. The second-order valence-electron chi connectivity index (χ2n) is 6.67. The van der Waals surface area contributed by atoms with E-state index in [0.29, 0.717) is 12.1 Å². The Bertz CT molecular complexity index is 604. The molecule has 0 bridgehead atoms. The van der Waals surface area contributed by atoms with Crippen LogP contribution in [0.2, 0.25) is 0 Å². The van der Waals surface area contributed by atoms with Gasteiger partial charge in [0.15, 0.2) is 0 Å². The molecule has 1 fully saturated rings. The third-order valence-electron chi connectivity index (χ3n) is 4.99. The van der Waals surface area contributed by atoms with E-state index in [-0.39, 0.29) is 24.8 Å². The van der Waals surface area contributed by atoms with Crippen molar-refractivity contribution in [1.29, 1.82) is 0 Å². The maximum atomic E-state index is 3.80. The monoisotopic (exact) mass is 380 g/mol. The second kappa shape index (κ2) is 11.5. The Kier molecular flexibility index (Phi) is 10.1. The third-order valence-corrected chi connectivity index (χ3v) is 4.99. The van der Waals surface area contributed by atoms with Gasteiger partial charge in [0.05, 0.1) is 0 Å². The van der Waals surface area contributed by atoms with E-state index in [2.05, 4.69) is 72.2 Å². The summed E-state index contributed by atoms with van der Waals surface area (Å²) in [6, 6.07) is 20.5. The molecule has 0 radical (unpaired) electrons. The Morgan fingerprint density at radius 2 is 1.32 bits per heavy atom. The zero-order chi connectivity index (χ0) is 15.9. The van der Waals surface area contributed by atoms with Crippen LogP contribution in [0.25, 0.3) is 0 Å². The third kappa shape index (κ3) is 6.63. The molecule has 2 nitrogen and oxygen atoms in total. The van der Waals surface area contributed by atoms with Crippen LogP contribution in [-0.2, 0) is 13.1 Å². The summed E-state index contributed by atoms with van der Waals surface area (Å²) in [7, 11) is 0. The van der Waals surface area contributed by atoms with Gasteiger partial charge in [0, 0.05) is 25.2 Å². The minimum absolute atomic E-state index is 0. The fourth-order valence-corrected chi connectivity index (χ4v) is 3.51. The van der Waals surface area contributed by atoms with Gasteiger partial charge >= 0.3 is 0 Å². The molecule has 2 aromatic carbocycles. The number of benzene rings is 2. The summed E-state index contributed by atoms with van der Waals surface area (Å²) in [6.45, 7) is 4.14. The molecule has 1 aliphatic rings. The summed E-state index contributed by atoms with van der Waals surface area (Å²) in [5.74, 6) is 0. The van der Waals surface area contributed by atoms with Gasteiger partial charge in [0.1, 0.15) is 0 Å². The summed E-state index contributed by atoms with van der Waals surface area (Å²) >= 11 is 0. The smallest absolute Gasteiger partial charge is 0.0224 e. The Morgan fingerprint density at radius 3 is 1.96 bits per heavy atom. The number of nitrogens with one attached hydrogen (secondary N) is 2. The van der Waals surface area contributed by atoms with Crippen LogP contribution >= 0.6 is 24.8 Å². The lowest BCUT2D eigenvalue weighted by atomic mass is 9.90. The van der Waals surface area contributed by atoms with Crippen molar-refractivity contribution in [3.63, 3.8) is 0 Å². The average molecular weight is 381 g/mol. The summed E-state index contributed by atoms with van der Waals surface area (Å²) in [4.78, 5) is 0. The summed E-state index contributed by atoms with van der Waals surface area (Å²) < 4.78 is 0. The standard InChI is InChI=1S/C21H28N2.2ClH/c1-17-9-5-6-12-19(17)16-23-21-14-8-7-13-20(21)22-15-18-10-3-2-4-11-18;;/h2-6,9-12,20-23H,7-8,13-16H2,1H3;2*1H. The van der Waals surface area contributed by atoms with Gasteiger partial charge in [-0.05, 0) is 36.5 Å². The molecule has 138 valence electrons. The second-order valence-corrected chi connectivity index (χ2v) is 6.67. The van der Waals surface area contributed by atoms with Crippen molar-refractivity contribution >= 4 is 24.8 Å². The predicted molar refractivity (Wildman–Crippen MR) is 112 cm³/mol. The number of hydrogen-bond acceptors (Lipinski definition) is 2. The average Bonchev–Trinajstić information content (AvgIpc) is 2.61. The molecule has 4 heteroatoms. The lowest BCUT2D eigenvalue weighted by molar-refractivity contribution is 0.281. The van der Waals surface area contributed by atoms with Gasteiger partial charge in [-0.1, -0.05) is 67.4 Å². The van der Waals surface area contributed by atoms with E-state index >= 15 is 0 Å². The van der Waals surface area contributed by atoms with Crippen molar-refractivity contribution in [1.82, 2.24) is 10.6 Å². The molecule has 0 amide bonds. The lowest BCUT2D eigenvalue weighted by Crippen LogP contribution is -2.49. The minimum Gasteiger partial charge on any atom is -0.308 e. The van der Waals surface area contributed by atoms with Crippen LogP contribution in [0.15, 0.2) is 54.6 Å². The fourth-order valence-electron chi connectivity index (χ4n) is 3.51. The zero-order valence-electron chi connectivity index (χ0n) is 14.9. The van der Waals surface area contributed by atoms with Crippen LogP contribution in [0, 0.1) is 6.92 Å². The maximum Gasteiger partial charge on any atom is 0.0224 e. The molecule has 1 aliphatic carbocycles. The van der Waals surface area contributed by atoms with Gasteiger partial charge in [-0.15, -0.1) is 24.8 Å². The van der Waals surface area contributed by atoms with Crippen LogP contribution in [0.3, 0.4) is 0 Å². The summed E-state index contributed by atoms with van der Waals surface area (Å²) in [5.41, 5.74) is 4.17. The quantitative estimate of drug-likeness (QED) is 0.733. The van der Waals surface area contributed by atoms with Crippen LogP contribution in [-0.4, -0.2) is 12.1 Å². The molecular formula is C21H30Cl2N2. The number of hydrogen-bond donors (Lipinski definition) is 2. The molecule has 3 rings (SSSR count). The zero-order valence-corrected chi connectivity index (χ0v) is 16.5. The highest BCUT2D eigenvalue weighted by molar-refractivity contribution is 5.85. The van der Waals surface area contributed by atoms with E-state index in [1.165, 1.54) is 42.4 Å². The van der Waals surface area contributed by atoms with Crippen LogP contribution < -0.4 is 10.6 Å². The normalized spacial score (nSPS) is 19.6. The Labute approximate surface area is 164 Å². The molecular weight excluding hydrogens is 351 g/mol. The summed E-state index contributed by atoms with van der Waals surface area (Å²) in [6.07, 6.45) is 5.24. The maximum absolute atomic E-state index is 3.80. The largest absolute Gasteiger partial charge is 0.308 e. The number of halogens is 2. The van der Waals surface area contributed by atoms with E-state index in [1.54, 1.807) is 0 Å². The predicted octanol–water partition coefficient (Wildman–Crippen LogP) is 5.03. The fraction of sp³-hybridized carbons (Fsp3) is 0.429. The van der Waals surface area contributed by atoms with Crippen molar-refractivity contribution in [2.45, 2.75) is 57.8 Å². The van der Waals surface area contributed by atoms with Gasteiger partial charge in [-0.3, -0.25) is 0 Å². The molecule has 2 aromatic rings. The Hall–Kier alpha value is -1.06. The van der Waals surface area contributed by atoms with Crippen LogP contribution in [0.4, 0.5) is 0 Å². The number of rotatable bonds is 6. The molecule has 1 saturated carbocycles. The first-order valence-electron chi connectivity index (χ1n) is 8.88. The van der Waals surface area contributed by atoms with Crippen LogP contribution in [0.5, 0.6) is 0 Å².